The molecule has 0 heterocycles. The quantitative estimate of drug-likeness (QED) is 0.0937. The van der Waals surface area contributed by atoms with Crippen LogP contribution in [-0.4, -0.2) is 61.1 Å². The fraction of sp³-hybridized carbons (Fsp3) is 0.958. The van der Waals surface area contributed by atoms with Gasteiger partial charge in [0.1, 0.15) is 13.2 Å². The van der Waals surface area contributed by atoms with E-state index in [1.165, 1.54) is 82.4 Å². The van der Waals surface area contributed by atoms with Crippen molar-refractivity contribution in [3.8, 4) is 0 Å². The summed E-state index contributed by atoms with van der Waals surface area (Å²) in [4.78, 5) is 21.6. The fourth-order valence-corrected chi connectivity index (χ4v) is 4.78. The van der Waals surface area contributed by atoms with Gasteiger partial charge in [-0.05, 0) is 12.8 Å². The van der Waals surface area contributed by atoms with Crippen LogP contribution in [0, 0.1) is 0 Å². The van der Waals surface area contributed by atoms with Crippen LogP contribution in [-0.2, 0) is 18.4 Å². The molecule has 1 atom stereocenters. The average molecular weight is 497 g/mol. The molecule has 192 valence electrons. The third-order valence-electron chi connectivity index (χ3n) is 5.31. The van der Waals surface area contributed by atoms with Crippen LogP contribution in [0.1, 0.15) is 103 Å². The highest BCUT2D eigenvalue weighted by atomic mass is 32.2. The van der Waals surface area contributed by atoms with E-state index < -0.39 is 7.82 Å². The lowest BCUT2D eigenvalue weighted by atomic mass is 10.0. The van der Waals surface area contributed by atoms with Crippen LogP contribution in [0.4, 0.5) is 0 Å². The molecule has 1 N–H and O–H groups in total. The Morgan fingerprint density at radius 1 is 0.781 bits per heavy atom. The van der Waals surface area contributed by atoms with Crippen molar-refractivity contribution >= 4 is 24.7 Å². The lowest BCUT2D eigenvalue weighted by molar-refractivity contribution is -0.870. The molecule has 0 aromatic rings. The number of phosphoric ester groups is 1. The van der Waals surface area contributed by atoms with Crippen LogP contribution >= 0.6 is 19.6 Å². The largest absolute Gasteiger partial charge is 0.472 e. The number of quaternary nitrogens is 1. The summed E-state index contributed by atoms with van der Waals surface area (Å²) in [5, 5.41) is 0.208. The summed E-state index contributed by atoms with van der Waals surface area (Å²) in [6, 6.07) is 0. The predicted molar refractivity (Wildman–Crippen MR) is 137 cm³/mol. The summed E-state index contributed by atoms with van der Waals surface area (Å²) in [5.74, 6) is 0.607. The standard InChI is InChI=1S/C24H50NO5PS/c1-5-6-7-8-9-10-11-12-13-14-15-16-17-19-24(26)32-23-18-21-29-31(27,28)30-22-20-25(2,3)4/h5-23H2,1-4H3/p+1. The molecule has 6 nitrogen and oxygen atoms in total. The first-order valence-electron chi connectivity index (χ1n) is 12.7. The van der Waals surface area contributed by atoms with Crippen molar-refractivity contribution in [2.45, 2.75) is 103 Å². The Hall–Kier alpha value is 0.0900. The Balaban J connectivity index is 3.42. The minimum atomic E-state index is -3.99. The number of carbonyl (C=O) groups is 1. The van der Waals surface area contributed by atoms with E-state index in [0.29, 0.717) is 29.6 Å². The molecule has 8 heteroatoms. The molecule has 0 aromatic heterocycles. The van der Waals surface area contributed by atoms with Crippen molar-refractivity contribution in [2.24, 2.45) is 0 Å². The van der Waals surface area contributed by atoms with Crippen LogP contribution in [0.15, 0.2) is 0 Å². The van der Waals surface area contributed by atoms with Gasteiger partial charge in [-0.3, -0.25) is 13.8 Å². The van der Waals surface area contributed by atoms with Gasteiger partial charge >= 0.3 is 7.82 Å². The maximum Gasteiger partial charge on any atom is 0.472 e. The minimum absolute atomic E-state index is 0.122. The Bertz CT molecular complexity index is 499. The molecule has 0 aliphatic carbocycles. The van der Waals surface area contributed by atoms with Crippen LogP contribution in [0.2, 0.25) is 0 Å². The van der Waals surface area contributed by atoms with Gasteiger partial charge in [0.15, 0.2) is 5.12 Å². The van der Waals surface area contributed by atoms with Crippen LogP contribution in [0.3, 0.4) is 0 Å². The van der Waals surface area contributed by atoms with Crippen molar-refractivity contribution in [3.63, 3.8) is 0 Å². The van der Waals surface area contributed by atoms with Gasteiger partial charge in [0.25, 0.3) is 0 Å². The highest BCUT2D eigenvalue weighted by molar-refractivity contribution is 8.13. The van der Waals surface area contributed by atoms with Crippen molar-refractivity contribution in [2.75, 3.05) is 46.7 Å². The molecule has 0 spiro atoms. The first-order valence-corrected chi connectivity index (χ1v) is 15.2. The van der Waals surface area contributed by atoms with E-state index in [1.54, 1.807) is 0 Å². The lowest BCUT2D eigenvalue weighted by Crippen LogP contribution is -2.37. The number of nitrogens with zero attached hydrogens (tertiary/aromatic N) is 1. The molecule has 0 saturated carbocycles. The number of hydrogen-bond donors (Lipinski definition) is 1. The first kappa shape index (κ1) is 32.1. The third kappa shape index (κ3) is 24.7. The average Bonchev–Trinajstić information content (AvgIpc) is 2.70. The first-order chi connectivity index (χ1) is 15.2. The molecule has 0 radical (unpaired) electrons. The van der Waals surface area contributed by atoms with E-state index in [4.69, 9.17) is 9.05 Å². The summed E-state index contributed by atoms with van der Waals surface area (Å²) in [5.41, 5.74) is 0. The van der Waals surface area contributed by atoms with E-state index in [2.05, 4.69) is 6.92 Å². The number of likely N-dealkylation sites (N-methyl/N-ethyl adjacent to an activating group) is 1. The number of thioether (sulfide) groups is 1. The van der Waals surface area contributed by atoms with Crippen LogP contribution in [0.5, 0.6) is 0 Å². The van der Waals surface area contributed by atoms with Crippen LogP contribution in [0.25, 0.3) is 0 Å². The van der Waals surface area contributed by atoms with E-state index in [9.17, 15) is 14.3 Å². The molecule has 0 aliphatic rings. The van der Waals surface area contributed by atoms with Gasteiger partial charge in [0, 0.05) is 12.2 Å². The van der Waals surface area contributed by atoms with Crippen LogP contribution < -0.4 is 0 Å². The summed E-state index contributed by atoms with van der Waals surface area (Å²) < 4.78 is 22.4. The molecule has 0 bridgehead atoms. The van der Waals surface area contributed by atoms with E-state index in [1.807, 2.05) is 21.1 Å². The third-order valence-corrected chi connectivity index (χ3v) is 7.34. The second-order valence-corrected chi connectivity index (χ2v) is 12.3. The summed E-state index contributed by atoms with van der Waals surface area (Å²) in [6.07, 6.45) is 18.1. The maximum atomic E-state index is 11.9. The molecule has 1 unspecified atom stereocenters. The molecule has 0 saturated heterocycles. The highest BCUT2D eigenvalue weighted by Crippen LogP contribution is 2.43. The number of carbonyl (C=O) groups excluding carboxylic acids is 1. The molecule has 0 amide bonds. The van der Waals surface area contributed by atoms with Gasteiger partial charge in [0.05, 0.1) is 27.7 Å². The molecular weight excluding hydrogens is 445 g/mol. The number of unbranched alkanes of at least 4 members (excludes halogenated alkanes) is 12. The highest BCUT2D eigenvalue weighted by Gasteiger charge is 2.22. The molecule has 0 aromatic carbocycles. The van der Waals surface area contributed by atoms with Crippen molar-refractivity contribution < 1.29 is 27.8 Å². The molecule has 0 fully saturated rings. The van der Waals surface area contributed by atoms with Crippen molar-refractivity contribution in [1.82, 2.24) is 0 Å². The Labute approximate surface area is 202 Å². The smallest absolute Gasteiger partial charge is 0.329 e. The Morgan fingerprint density at radius 3 is 1.75 bits per heavy atom. The SMILES string of the molecule is CCCCCCCCCCCCCCCC(=O)SCCCOP(=O)(O)OCC[N+](C)(C)C. The van der Waals surface area contributed by atoms with E-state index in [-0.39, 0.29) is 18.3 Å². The Kier molecular flexibility index (Phi) is 20.5. The maximum absolute atomic E-state index is 11.9. The second kappa shape index (κ2) is 20.5. The van der Waals surface area contributed by atoms with Gasteiger partial charge in [-0.1, -0.05) is 95.7 Å². The van der Waals surface area contributed by atoms with Crippen molar-refractivity contribution in [1.29, 1.82) is 0 Å². The normalized spacial score (nSPS) is 13.9. The van der Waals surface area contributed by atoms with E-state index >= 15 is 0 Å². The summed E-state index contributed by atoms with van der Waals surface area (Å²) in [7, 11) is 1.96. The van der Waals surface area contributed by atoms with Gasteiger partial charge in [0.2, 0.25) is 0 Å². The number of phosphoric acid groups is 1. The van der Waals surface area contributed by atoms with Crippen molar-refractivity contribution in [3.05, 3.63) is 0 Å². The molecule has 32 heavy (non-hydrogen) atoms. The summed E-state index contributed by atoms with van der Waals surface area (Å²) in [6.45, 7) is 3.18. The van der Waals surface area contributed by atoms with Gasteiger partial charge < -0.3 is 9.38 Å². The predicted octanol–water partition coefficient (Wildman–Crippen LogP) is 6.96. The number of hydrogen-bond acceptors (Lipinski definition) is 5. The Morgan fingerprint density at radius 2 is 1.25 bits per heavy atom. The number of rotatable bonds is 23. The zero-order valence-electron chi connectivity index (χ0n) is 21.3. The lowest BCUT2D eigenvalue weighted by Gasteiger charge is -2.24. The molecule has 0 aliphatic heterocycles. The monoisotopic (exact) mass is 496 g/mol. The van der Waals surface area contributed by atoms with Gasteiger partial charge in [-0.25, -0.2) is 4.57 Å². The zero-order chi connectivity index (χ0) is 24.1. The minimum Gasteiger partial charge on any atom is -0.329 e. The second-order valence-electron chi connectivity index (χ2n) is 9.72. The van der Waals surface area contributed by atoms with Gasteiger partial charge in [-0.15, -0.1) is 0 Å². The zero-order valence-corrected chi connectivity index (χ0v) is 23.0. The van der Waals surface area contributed by atoms with E-state index in [0.717, 1.165) is 12.8 Å². The van der Waals surface area contributed by atoms with Gasteiger partial charge in [-0.2, -0.15) is 0 Å². The molecule has 0 rings (SSSR count). The fourth-order valence-electron chi connectivity index (χ4n) is 3.25. The topological polar surface area (TPSA) is 72.8 Å². The molecular formula is C24H51NO5PS+. The summed E-state index contributed by atoms with van der Waals surface area (Å²) >= 11 is 1.30.